The van der Waals surface area contributed by atoms with E-state index in [0.717, 1.165) is 16.9 Å². The van der Waals surface area contributed by atoms with Crippen molar-refractivity contribution < 1.29 is 21.5 Å². The molecule has 3 heteroatoms. The van der Waals surface area contributed by atoms with Crippen molar-refractivity contribution in [1.29, 1.82) is 0 Å². The van der Waals surface area contributed by atoms with Gasteiger partial charge in [0.2, 0.25) is 0 Å². The molecule has 21 heavy (non-hydrogen) atoms. The molecule has 0 atom stereocenters. The topological polar surface area (TPSA) is 0 Å². The van der Waals surface area contributed by atoms with Crippen molar-refractivity contribution in [1.82, 2.24) is 0 Å². The maximum absolute atomic E-state index is 5.82. The van der Waals surface area contributed by atoms with Crippen molar-refractivity contribution >= 4 is 11.6 Å². The van der Waals surface area contributed by atoms with Gasteiger partial charge in [-0.25, -0.2) is 0 Å². The molecule has 0 aromatic heterocycles. The Morgan fingerprint density at radius 3 is 1.38 bits per heavy atom. The number of unbranched alkanes of at least 4 members (excludes halogenated alkanes) is 11. The van der Waals surface area contributed by atoms with Crippen LogP contribution in [0.4, 0.5) is 0 Å². The van der Waals surface area contributed by atoms with E-state index in [0.29, 0.717) is 0 Å². The molecule has 0 aromatic carbocycles. The van der Waals surface area contributed by atoms with Crippen molar-refractivity contribution in [3.8, 4) is 0 Å². The van der Waals surface area contributed by atoms with E-state index in [2.05, 4.69) is 21.0 Å². The highest BCUT2D eigenvalue weighted by molar-refractivity contribution is 6.17. The zero-order valence-electron chi connectivity index (χ0n) is 14.8. The first-order valence-corrected chi connectivity index (χ1v) is 9.54. The van der Waals surface area contributed by atoms with Gasteiger partial charge < -0.3 is 21.5 Å². The molecular weight excluding hydrogens is 346 g/mol. The van der Waals surface area contributed by atoms with Crippen LogP contribution in [0.1, 0.15) is 84.0 Å². The van der Waals surface area contributed by atoms with Crippen LogP contribution in [-0.4, -0.2) is 37.5 Å². The third-order valence-corrected chi connectivity index (χ3v) is 4.48. The average molecular weight is 385 g/mol. The van der Waals surface area contributed by atoms with Gasteiger partial charge in [0.1, 0.15) is 0 Å². The highest BCUT2D eigenvalue weighted by Gasteiger charge is 2.12. The van der Waals surface area contributed by atoms with Gasteiger partial charge in [-0.15, -0.1) is 11.6 Å². The molecule has 0 aliphatic carbocycles. The quantitative estimate of drug-likeness (QED) is 0.231. The number of quaternary nitrogens is 1. The second-order valence-electron chi connectivity index (χ2n) is 6.96. The Balaban J connectivity index is 0. The first kappa shape index (κ1) is 24.0. The van der Waals surface area contributed by atoms with Gasteiger partial charge in [-0.3, -0.25) is 0 Å². The minimum atomic E-state index is 0. The van der Waals surface area contributed by atoms with Gasteiger partial charge in [0.25, 0.3) is 0 Å². The second-order valence-corrected chi connectivity index (χ2v) is 7.34. The predicted molar refractivity (Wildman–Crippen MR) is 93.6 cm³/mol. The monoisotopic (exact) mass is 383 g/mol. The van der Waals surface area contributed by atoms with Crippen LogP contribution < -0.4 is 17.0 Å². The molecule has 0 unspecified atom stereocenters. The summed E-state index contributed by atoms with van der Waals surface area (Å²) in [5.74, 6) is 0.783. The summed E-state index contributed by atoms with van der Waals surface area (Å²) < 4.78 is 1.08. The van der Waals surface area contributed by atoms with Crippen molar-refractivity contribution in [2.24, 2.45) is 0 Å². The summed E-state index contributed by atoms with van der Waals surface area (Å²) in [6.45, 7) is 4.67. The Morgan fingerprint density at radius 2 is 1.00 bits per heavy atom. The van der Waals surface area contributed by atoms with Gasteiger partial charge in [0.15, 0.2) is 0 Å². The van der Waals surface area contributed by atoms with Gasteiger partial charge in [-0.2, -0.15) is 0 Å². The molecule has 0 heterocycles. The van der Waals surface area contributed by atoms with E-state index in [9.17, 15) is 0 Å². The molecule has 0 saturated heterocycles. The summed E-state index contributed by atoms with van der Waals surface area (Å²) >= 11 is 5.82. The fourth-order valence-electron chi connectivity index (χ4n) is 2.72. The summed E-state index contributed by atoms with van der Waals surface area (Å²) in [5, 5.41) is 0. The van der Waals surface area contributed by atoms with Crippen LogP contribution in [0.2, 0.25) is 0 Å². The van der Waals surface area contributed by atoms with Crippen LogP contribution in [0.25, 0.3) is 0 Å². The van der Waals surface area contributed by atoms with Crippen LogP contribution in [0.5, 0.6) is 0 Å². The molecule has 0 aromatic rings. The average Bonchev–Trinajstić information content (AvgIpc) is 2.40. The summed E-state index contributed by atoms with van der Waals surface area (Å²) in [7, 11) is 4.59. The number of nitrogens with zero attached hydrogens (tertiary/aromatic N) is 1. The van der Waals surface area contributed by atoms with Crippen LogP contribution in [-0.2, 0) is 0 Å². The van der Waals surface area contributed by atoms with Crippen molar-refractivity contribution in [2.45, 2.75) is 84.0 Å². The van der Waals surface area contributed by atoms with E-state index in [4.69, 9.17) is 11.6 Å². The Kier molecular flexibility index (Phi) is 19.5. The molecule has 1 nitrogen and oxygen atoms in total. The van der Waals surface area contributed by atoms with Gasteiger partial charge in [-0.1, -0.05) is 71.1 Å². The zero-order chi connectivity index (χ0) is 15.1. The first-order valence-electron chi connectivity index (χ1n) is 9.00. The Labute approximate surface area is 150 Å². The van der Waals surface area contributed by atoms with Crippen LogP contribution in [0, 0.1) is 0 Å². The fourth-order valence-corrected chi connectivity index (χ4v) is 3.18. The highest BCUT2D eigenvalue weighted by Crippen LogP contribution is 2.12. The zero-order valence-corrected chi connectivity index (χ0v) is 17.2. The van der Waals surface area contributed by atoms with E-state index < -0.39 is 0 Å². The standard InChI is InChI=1S/C18H39ClN.BrH/c1-4-5-6-7-8-9-10-11-12-13-14-15-17-20(2,3)18-16-19;/h4-18H2,1-3H3;1H/q+1;/p-1. The molecular formula is C18H39BrClN. The first-order chi connectivity index (χ1) is 9.62. The number of hydrogen-bond donors (Lipinski definition) is 0. The molecule has 0 aliphatic heterocycles. The Morgan fingerprint density at radius 1 is 0.619 bits per heavy atom. The number of alkyl halides is 1. The van der Waals surface area contributed by atoms with Crippen LogP contribution in [0.15, 0.2) is 0 Å². The summed E-state index contributed by atoms with van der Waals surface area (Å²) in [5.41, 5.74) is 0. The molecule has 0 amide bonds. The van der Waals surface area contributed by atoms with Crippen molar-refractivity contribution in [3.63, 3.8) is 0 Å². The molecule has 130 valence electrons. The second kappa shape index (κ2) is 17.1. The molecule has 0 fully saturated rings. The number of rotatable bonds is 15. The summed E-state index contributed by atoms with van der Waals surface area (Å²) in [4.78, 5) is 0. The van der Waals surface area contributed by atoms with Crippen molar-refractivity contribution in [2.75, 3.05) is 33.1 Å². The maximum atomic E-state index is 5.82. The molecule has 0 N–H and O–H groups in total. The van der Waals surface area contributed by atoms with Crippen LogP contribution >= 0.6 is 11.6 Å². The molecule has 0 rings (SSSR count). The van der Waals surface area contributed by atoms with Gasteiger partial charge in [0.05, 0.1) is 33.1 Å². The SMILES string of the molecule is CCCCCCCCCCCCCC[N+](C)(C)CCCl.[Br-]. The predicted octanol–water partition coefficient (Wildman–Crippen LogP) is 3.01. The molecule has 0 spiro atoms. The summed E-state index contributed by atoms with van der Waals surface area (Å²) in [6.07, 6.45) is 17.2. The smallest absolute Gasteiger partial charge is 0.0920 e. The third-order valence-electron chi connectivity index (χ3n) is 4.31. The van der Waals surface area contributed by atoms with Gasteiger partial charge in [-0.05, 0) is 12.8 Å². The van der Waals surface area contributed by atoms with Gasteiger partial charge >= 0.3 is 0 Å². The van der Waals surface area contributed by atoms with Crippen molar-refractivity contribution in [3.05, 3.63) is 0 Å². The number of hydrogen-bond acceptors (Lipinski definition) is 0. The molecule has 0 saturated carbocycles. The molecule has 0 aliphatic rings. The largest absolute Gasteiger partial charge is 1.00 e. The lowest BCUT2D eigenvalue weighted by Gasteiger charge is -2.28. The maximum Gasteiger partial charge on any atom is 0.0920 e. The van der Waals surface area contributed by atoms with E-state index in [-0.39, 0.29) is 17.0 Å². The van der Waals surface area contributed by atoms with E-state index in [1.54, 1.807) is 0 Å². The lowest BCUT2D eigenvalue weighted by Crippen LogP contribution is -3.00. The molecule has 0 bridgehead atoms. The lowest BCUT2D eigenvalue weighted by atomic mass is 10.1. The fraction of sp³-hybridized carbons (Fsp3) is 1.00. The minimum Gasteiger partial charge on any atom is -1.00 e. The Bertz CT molecular complexity index is 198. The number of halogens is 2. The normalized spacial score (nSPS) is 11.4. The minimum absolute atomic E-state index is 0. The highest BCUT2D eigenvalue weighted by atomic mass is 79.9. The van der Waals surface area contributed by atoms with E-state index >= 15 is 0 Å². The Hall–Kier alpha value is 0.730. The van der Waals surface area contributed by atoms with Crippen LogP contribution in [0.3, 0.4) is 0 Å². The third kappa shape index (κ3) is 18.7. The molecule has 0 radical (unpaired) electrons. The summed E-state index contributed by atoms with van der Waals surface area (Å²) in [6, 6.07) is 0. The van der Waals surface area contributed by atoms with Gasteiger partial charge in [0, 0.05) is 0 Å². The van der Waals surface area contributed by atoms with E-state index in [1.807, 2.05) is 0 Å². The lowest BCUT2D eigenvalue weighted by molar-refractivity contribution is -0.888. The van der Waals surface area contributed by atoms with E-state index in [1.165, 1.54) is 83.6 Å².